The molecule has 1 aromatic heterocycles. The Balaban J connectivity index is 1.89. The first-order chi connectivity index (χ1) is 9.04. The van der Waals surface area contributed by atoms with E-state index in [9.17, 15) is 4.79 Å². The van der Waals surface area contributed by atoms with E-state index < -0.39 is 0 Å². The van der Waals surface area contributed by atoms with Gasteiger partial charge < -0.3 is 11.1 Å². The summed E-state index contributed by atoms with van der Waals surface area (Å²) in [6, 6.07) is 5.69. The minimum absolute atomic E-state index is 0.0458. The van der Waals surface area contributed by atoms with Crippen molar-refractivity contribution in [3.05, 3.63) is 34.8 Å². The van der Waals surface area contributed by atoms with Crippen LogP contribution in [0.15, 0.2) is 28.5 Å². The average Bonchev–Trinajstić information content (AvgIpc) is 2.73. The Labute approximate surface area is 120 Å². The Morgan fingerprint density at radius 1 is 1.47 bits per heavy atom. The summed E-state index contributed by atoms with van der Waals surface area (Å²) in [6.07, 6.45) is 0. The lowest BCUT2D eigenvalue weighted by Crippen LogP contribution is -2.13. The second-order valence-corrected chi connectivity index (χ2v) is 6.03. The van der Waals surface area contributed by atoms with Gasteiger partial charge in [0.05, 0.1) is 11.4 Å². The van der Waals surface area contributed by atoms with Crippen molar-refractivity contribution in [2.75, 3.05) is 16.8 Å². The van der Waals surface area contributed by atoms with Crippen molar-refractivity contribution in [2.45, 2.75) is 18.7 Å². The lowest BCUT2D eigenvalue weighted by molar-refractivity contribution is -0.113. The highest BCUT2D eigenvalue weighted by atomic mass is 32.2. The molecule has 0 saturated heterocycles. The van der Waals surface area contributed by atoms with Gasteiger partial charge in [0.25, 0.3) is 0 Å². The Hall–Kier alpha value is -1.53. The summed E-state index contributed by atoms with van der Waals surface area (Å²) in [6.45, 7) is 3.89. The maximum Gasteiger partial charge on any atom is 0.236 e. The number of anilines is 2. The highest BCUT2D eigenvalue weighted by molar-refractivity contribution is 8.00. The number of nitrogens with one attached hydrogen (secondary N) is 1. The fraction of sp³-hybridized carbons (Fsp3) is 0.231. The van der Waals surface area contributed by atoms with Gasteiger partial charge in [0.2, 0.25) is 5.91 Å². The zero-order valence-corrected chi connectivity index (χ0v) is 12.4. The number of carbonyl (C=O) groups is 1. The Bertz CT molecular complexity index is 595. The van der Waals surface area contributed by atoms with E-state index in [4.69, 9.17) is 5.73 Å². The SMILES string of the molecule is Cc1csc(NC(=O)CSc2ccc(N)cc2C)n1. The maximum absolute atomic E-state index is 11.8. The third-order valence-corrected chi connectivity index (χ3v) is 4.47. The van der Waals surface area contributed by atoms with E-state index in [0.717, 1.165) is 21.8 Å². The molecule has 0 saturated carbocycles. The van der Waals surface area contributed by atoms with E-state index in [1.54, 1.807) is 0 Å². The topological polar surface area (TPSA) is 68.0 Å². The van der Waals surface area contributed by atoms with Crippen molar-refractivity contribution in [1.82, 2.24) is 4.98 Å². The van der Waals surface area contributed by atoms with E-state index >= 15 is 0 Å². The molecule has 0 unspecified atom stereocenters. The first kappa shape index (κ1) is 13.9. The summed E-state index contributed by atoms with van der Waals surface area (Å²) in [5, 5.41) is 5.35. The number of hydrogen-bond donors (Lipinski definition) is 2. The van der Waals surface area contributed by atoms with Crippen LogP contribution >= 0.6 is 23.1 Å². The van der Waals surface area contributed by atoms with Crippen LogP contribution in [0.5, 0.6) is 0 Å². The third kappa shape index (κ3) is 3.97. The third-order valence-electron chi connectivity index (χ3n) is 2.42. The quantitative estimate of drug-likeness (QED) is 0.671. The molecule has 0 radical (unpaired) electrons. The van der Waals surface area contributed by atoms with Crippen LogP contribution in [0.2, 0.25) is 0 Å². The molecular formula is C13H15N3OS2. The second-order valence-electron chi connectivity index (χ2n) is 4.16. The Morgan fingerprint density at radius 3 is 2.89 bits per heavy atom. The number of rotatable bonds is 4. The van der Waals surface area contributed by atoms with Crippen LogP contribution < -0.4 is 11.1 Å². The summed E-state index contributed by atoms with van der Waals surface area (Å²) in [7, 11) is 0. The molecular weight excluding hydrogens is 278 g/mol. The van der Waals surface area contributed by atoms with Crippen molar-refractivity contribution < 1.29 is 4.79 Å². The van der Waals surface area contributed by atoms with E-state index in [0.29, 0.717) is 10.9 Å². The van der Waals surface area contributed by atoms with Gasteiger partial charge in [-0.25, -0.2) is 4.98 Å². The summed E-state index contributed by atoms with van der Waals surface area (Å²) < 4.78 is 0. The van der Waals surface area contributed by atoms with Gasteiger partial charge in [-0.3, -0.25) is 4.79 Å². The van der Waals surface area contributed by atoms with Crippen LogP contribution in [0.4, 0.5) is 10.8 Å². The van der Waals surface area contributed by atoms with E-state index in [2.05, 4.69) is 10.3 Å². The fourth-order valence-corrected chi connectivity index (χ4v) is 3.06. The molecule has 0 spiro atoms. The molecule has 3 N–H and O–H groups in total. The van der Waals surface area contributed by atoms with E-state index in [1.165, 1.54) is 23.1 Å². The van der Waals surface area contributed by atoms with Crippen LogP contribution in [0.3, 0.4) is 0 Å². The molecule has 0 aliphatic carbocycles. The molecule has 0 fully saturated rings. The molecule has 0 bridgehead atoms. The maximum atomic E-state index is 11.8. The smallest absolute Gasteiger partial charge is 0.236 e. The van der Waals surface area contributed by atoms with Crippen LogP contribution in [0.1, 0.15) is 11.3 Å². The zero-order chi connectivity index (χ0) is 13.8. The normalized spacial score (nSPS) is 10.4. The molecule has 19 heavy (non-hydrogen) atoms. The highest BCUT2D eigenvalue weighted by Crippen LogP contribution is 2.24. The fourth-order valence-electron chi connectivity index (χ4n) is 1.54. The van der Waals surface area contributed by atoms with Gasteiger partial charge >= 0.3 is 0 Å². The van der Waals surface area contributed by atoms with Gasteiger partial charge in [0.15, 0.2) is 5.13 Å². The minimum Gasteiger partial charge on any atom is -0.399 e. The molecule has 0 aliphatic rings. The number of thiazole rings is 1. The number of carbonyl (C=O) groups excluding carboxylic acids is 1. The Kier molecular flexibility index (Phi) is 4.44. The number of benzene rings is 1. The summed E-state index contributed by atoms with van der Waals surface area (Å²) in [5.74, 6) is 0.319. The van der Waals surface area contributed by atoms with Gasteiger partial charge in [0.1, 0.15) is 0 Å². The van der Waals surface area contributed by atoms with Crippen molar-refractivity contribution in [3.8, 4) is 0 Å². The van der Waals surface area contributed by atoms with Gasteiger partial charge in [-0.2, -0.15) is 0 Å². The predicted octanol–water partition coefficient (Wildman–Crippen LogP) is 3.07. The summed E-state index contributed by atoms with van der Waals surface area (Å²) >= 11 is 2.93. The molecule has 1 aromatic carbocycles. The lowest BCUT2D eigenvalue weighted by atomic mass is 10.2. The van der Waals surface area contributed by atoms with Crippen molar-refractivity contribution >= 4 is 39.8 Å². The van der Waals surface area contributed by atoms with E-state index in [-0.39, 0.29) is 5.91 Å². The number of nitrogens with zero attached hydrogens (tertiary/aromatic N) is 1. The van der Waals surface area contributed by atoms with Crippen molar-refractivity contribution in [1.29, 1.82) is 0 Å². The highest BCUT2D eigenvalue weighted by Gasteiger charge is 2.07. The number of nitrogens with two attached hydrogens (primary N) is 1. The van der Waals surface area contributed by atoms with Gasteiger partial charge in [-0.15, -0.1) is 23.1 Å². The van der Waals surface area contributed by atoms with Gasteiger partial charge in [-0.05, 0) is 37.6 Å². The number of aromatic nitrogens is 1. The van der Waals surface area contributed by atoms with Gasteiger partial charge in [0, 0.05) is 16.0 Å². The lowest BCUT2D eigenvalue weighted by Gasteiger charge is -2.06. The van der Waals surface area contributed by atoms with Crippen molar-refractivity contribution in [3.63, 3.8) is 0 Å². The standard InChI is InChI=1S/C13H15N3OS2/c1-8-5-10(14)3-4-11(8)18-7-12(17)16-13-15-9(2)6-19-13/h3-6H,7,14H2,1-2H3,(H,15,16,17). The van der Waals surface area contributed by atoms with Crippen LogP contribution in [-0.2, 0) is 4.79 Å². The Morgan fingerprint density at radius 2 is 2.26 bits per heavy atom. The van der Waals surface area contributed by atoms with Crippen LogP contribution in [-0.4, -0.2) is 16.6 Å². The first-order valence-electron chi connectivity index (χ1n) is 5.75. The molecule has 1 amide bonds. The second kappa shape index (κ2) is 6.08. The summed E-state index contributed by atoms with van der Waals surface area (Å²) in [4.78, 5) is 17.0. The number of nitrogen functional groups attached to an aromatic ring is 1. The molecule has 100 valence electrons. The molecule has 2 rings (SSSR count). The first-order valence-corrected chi connectivity index (χ1v) is 7.62. The average molecular weight is 293 g/mol. The summed E-state index contributed by atoms with van der Waals surface area (Å²) in [5.41, 5.74) is 8.44. The molecule has 6 heteroatoms. The largest absolute Gasteiger partial charge is 0.399 e. The van der Waals surface area contributed by atoms with Crippen LogP contribution in [0, 0.1) is 13.8 Å². The molecule has 0 atom stereocenters. The zero-order valence-electron chi connectivity index (χ0n) is 10.8. The predicted molar refractivity (Wildman–Crippen MR) is 81.8 cm³/mol. The molecule has 0 aliphatic heterocycles. The molecule has 2 aromatic rings. The number of thioether (sulfide) groups is 1. The van der Waals surface area contributed by atoms with Gasteiger partial charge in [-0.1, -0.05) is 0 Å². The molecule has 1 heterocycles. The monoisotopic (exact) mass is 293 g/mol. The number of amides is 1. The number of hydrogen-bond acceptors (Lipinski definition) is 5. The number of aryl methyl sites for hydroxylation is 2. The minimum atomic E-state index is -0.0458. The van der Waals surface area contributed by atoms with E-state index in [1.807, 2.05) is 37.4 Å². The van der Waals surface area contributed by atoms with Crippen molar-refractivity contribution in [2.24, 2.45) is 0 Å². The van der Waals surface area contributed by atoms with Crippen LogP contribution in [0.25, 0.3) is 0 Å². The molecule has 4 nitrogen and oxygen atoms in total.